The lowest BCUT2D eigenvalue weighted by Gasteiger charge is -2.12. The first-order valence-electron chi connectivity index (χ1n) is 5.64. The molecule has 1 aromatic carbocycles. The average molecular weight is 324 g/mol. The fourth-order valence-corrected chi connectivity index (χ4v) is 2.11. The zero-order chi connectivity index (χ0) is 13.8. The van der Waals surface area contributed by atoms with Gasteiger partial charge in [-0.25, -0.2) is 4.39 Å². The molecule has 1 heterocycles. The highest BCUT2D eigenvalue weighted by molar-refractivity contribution is 9.10. The van der Waals surface area contributed by atoms with Crippen molar-refractivity contribution in [3.05, 3.63) is 64.1 Å². The van der Waals surface area contributed by atoms with Crippen LogP contribution in [0.5, 0.6) is 0 Å². The lowest BCUT2D eigenvalue weighted by atomic mass is 9.93. The number of benzene rings is 1. The second-order valence-electron chi connectivity index (χ2n) is 4.16. The van der Waals surface area contributed by atoms with E-state index in [0.29, 0.717) is 11.1 Å². The van der Waals surface area contributed by atoms with Gasteiger partial charge in [-0.15, -0.1) is 0 Å². The predicted octanol–water partition coefficient (Wildman–Crippen LogP) is 3.39. The summed E-state index contributed by atoms with van der Waals surface area (Å²) in [5.74, 6) is -2.11. The molecule has 98 valence electrons. The van der Waals surface area contributed by atoms with Gasteiger partial charge < -0.3 is 5.11 Å². The molecule has 2 rings (SSSR count). The number of carbonyl (C=O) groups is 1. The molecule has 0 bridgehead atoms. The Morgan fingerprint density at radius 1 is 1.32 bits per heavy atom. The molecular formula is C14H11BrFNO2. The summed E-state index contributed by atoms with van der Waals surface area (Å²) >= 11 is 3.30. The van der Waals surface area contributed by atoms with E-state index in [9.17, 15) is 14.3 Å². The van der Waals surface area contributed by atoms with Crippen molar-refractivity contribution in [2.75, 3.05) is 0 Å². The molecule has 0 aliphatic carbocycles. The Hall–Kier alpha value is -1.75. The van der Waals surface area contributed by atoms with Gasteiger partial charge in [-0.2, -0.15) is 0 Å². The number of aliphatic carboxylic acids is 1. The lowest BCUT2D eigenvalue weighted by Crippen LogP contribution is -2.14. The summed E-state index contributed by atoms with van der Waals surface area (Å²) in [6.45, 7) is 0. The Bertz CT molecular complexity index is 586. The fourth-order valence-electron chi connectivity index (χ4n) is 1.85. The Morgan fingerprint density at radius 3 is 2.58 bits per heavy atom. The second-order valence-corrected chi connectivity index (χ2v) is 5.07. The van der Waals surface area contributed by atoms with E-state index in [1.165, 1.54) is 12.3 Å². The molecule has 1 atom stereocenters. The fraction of sp³-hybridized carbons (Fsp3) is 0.143. The zero-order valence-electron chi connectivity index (χ0n) is 9.88. The van der Waals surface area contributed by atoms with E-state index < -0.39 is 17.7 Å². The van der Waals surface area contributed by atoms with E-state index in [-0.39, 0.29) is 6.42 Å². The van der Waals surface area contributed by atoms with Crippen molar-refractivity contribution in [2.24, 2.45) is 0 Å². The summed E-state index contributed by atoms with van der Waals surface area (Å²) < 4.78 is 13.9. The van der Waals surface area contributed by atoms with E-state index in [1.807, 2.05) is 0 Å². The molecule has 1 aromatic heterocycles. The summed E-state index contributed by atoms with van der Waals surface area (Å²) in [5.41, 5.74) is 1.25. The van der Waals surface area contributed by atoms with Gasteiger partial charge in [0.15, 0.2) is 0 Å². The number of rotatable bonds is 4. The molecule has 0 aliphatic rings. The van der Waals surface area contributed by atoms with Crippen molar-refractivity contribution in [2.45, 2.75) is 12.3 Å². The van der Waals surface area contributed by atoms with Gasteiger partial charge in [-0.3, -0.25) is 9.78 Å². The standard InChI is InChI=1S/C14H11BrFNO2/c15-11-3-1-10(2-4-11)13(14(18)19)6-9-5-12(16)8-17-7-9/h1-5,7-8,13H,6H2,(H,18,19). The minimum atomic E-state index is -0.938. The van der Waals surface area contributed by atoms with Crippen LogP contribution in [0.2, 0.25) is 0 Å². The number of hydrogen-bond acceptors (Lipinski definition) is 2. The van der Waals surface area contributed by atoms with Gasteiger partial charge in [-0.1, -0.05) is 28.1 Å². The number of carboxylic acids is 1. The Labute approximate surface area is 118 Å². The number of nitrogens with zero attached hydrogens (tertiary/aromatic N) is 1. The predicted molar refractivity (Wildman–Crippen MR) is 72.4 cm³/mol. The van der Waals surface area contributed by atoms with Gasteiger partial charge >= 0.3 is 5.97 Å². The summed E-state index contributed by atoms with van der Waals surface area (Å²) in [6.07, 6.45) is 2.79. The topological polar surface area (TPSA) is 50.2 Å². The zero-order valence-corrected chi connectivity index (χ0v) is 11.5. The van der Waals surface area contributed by atoms with Crippen LogP contribution in [0.15, 0.2) is 47.2 Å². The van der Waals surface area contributed by atoms with Crippen molar-refractivity contribution in [1.29, 1.82) is 0 Å². The normalized spacial score (nSPS) is 12.1. The molecule has 1 N–H and O–H groups in total. The Balaban J connectivity index is 2.26. The van der Waals surface area contributed by atoms with Crippen molar-refractivity contribution in [1.82, 2.24) is 4.98 Å². The van der Waals surface area contributed by atoms with Crippen LogP contribution in [0.4, 0.5) is 4.39 Å². The van der Waals surface area contributed by atoms with Crippen molar-refractivity contribution < 1.29 is 14.3 Å². The van der Waals surface area contributed by atoms with Crippen molar-refractivity contribution >= 4 is 21.9 Å². The average Bonchev–Trinajstić information content (AvgIpc) is 2.37. The minimum absolute atomic E-state index is 0.210. The number of pyridine rings is 1. The smallest absolute Gasteiger partial charge is 0.311 e. The van der Waals surface area contributed by atoms with E-state index in [2.05, 4.69) is 20.9 Å². The summed E-state index contributed by atoms with van der Waals surface area (Å²) in [4.78, 5) is 15.1. The molecule has 1 unspecified atom stereocenters. The van der Waals surface area contributed by atoms with E-state index in [0.717, 1.165) is 10.7 Å². The number of carboxylic acid groups (broad SMARTS) is 1. The molecule has 0 spiro atoms. The Kier molecular flexibility index (Phi) is 4.27. The maximum Gasteiger partial charge on any atom is 0.311 e. The molecular weight excluding hydrogens is 313 g/mol. The van der Waals surface area contributed by atoms with Crippen LogP contribution in [0.25, 0.3) is 0 Å². The summed E-state index contributed by atoms with van der Waals surface area (Å²) in [5, 5.41) is 9.30. The summed E-state index contributed by atoms with van der Waals surface area (Å²) in [6, 6.07) is 8.37. The third-order valence-electron chi connectivity index (χ3n) is 2.77. The lowest BCUT2D eigenvalue weighted by molar-refractivity contribution is -0.138. The van der Waals surface area contributed by atoms with E-state index in [1.54, 1.807) is 24.3 Å². The third kappa shape index (κ3) is 3.61. The monoisotopic (exact) mass is 323 g/mol. The van der Waals surface area contributed by atoms with Gasteiger partial charge in [0.25, 0.3) is 0 Å². The number of hydrogen-bond donors (Lipinski definition) is 1. The molecule has 0 aliphatic heterocycles. The van der Waals surface area contributed by atoms with Crippen LogP contribution in [-0.2, 0) is 11.2 Å². The van der Waals surface area contributed by atoms with Gasteiger partial charge in [0.05, 0.1) is 12.1 Å². The largest absolute Gasteiger partial charge is 0.481 e. The summed E-state index contributed by atoms with van der Waals surface area (Å²) in [7, 11) is 0. The quantitative estimate of drug-likeness (QED) is 0.938. The molecule has 0 radical (unpaired) electrons. The highest BCUT2D eigenvalue weighted by atomic mass is 79.9. The first-order chi connectivity index (χ1) is 9.06. The molecule has 0 amide bonds. The second kappa shape index (κ2) is 5.93. The molecule has 3 nitrogen and oxygen atoms in total. The van der Waals surface area contributed by atoms with Gasteiger partial charge in [0.1, 0.15) is 5.82 Å². The van der Waals surface area contributed by atoms with Gasteiger partial charge in [0.2, 0.25) is 0 Å². The van der Waals surface area contributed by atoms with Crippen LogP contribution >= 0.6 is 15.9 Å². The number of aromatic nitrogens is 1. The SMILES string of the molecule is O=C(O)C(Cc1cncc(F)c1)c1ccc(Br)cc1. The highest BCUT2D eigenvalue weighted by Crippen LogP contribution is 2.23. The van der Waals surface area contributed by atoms with Crippen molar-refractivity contribution in [3.8, 4) is 0 Å². The third-order valence-corrected chi connectivity index (χ3v) is 3.30. The first-order valence-corrected chi connectivity index (χ1v) is 6.43. The molecule has 0 fully saturated rings. The number of halogens is 2. The maximum absolute atomic E-state index is 13.1. The van der Waals surface area contributed by atoms with Crippen LogP contribution in [0.1, 0.15) is 17.0 Å². The van der Waals surface area contributed by atoms with Crippen LogP contribution in [0.3, 0.4) is 0 Å². The minimum Gasteiger partial charge on any atom is -0.481 e. The molecule has 5 heteroatoms. The molecule has 19 heavy (non-hydrogen) atoms. The molecule has 2 aromatic rings. The van der Waals surface area contributed by atoms with Crippen LogP contribution in [-0.4, -0.2) is 16.1 Å². The van der Waals surface area contributed by atoms with E-state index >= 15 is 0 Å². The van der Waals surface area contributed by atoms with E-state index in [4.69, 9.17) is 0 Å². The van der Waals surface area contributed by atoms with Gasteiger partial charge in [0, 0.05) is 10.7 Å². The maximum atomic E-state index is 13.1. The highest BCUT2D eigenvalue weighted by Gasteiger charge is 2.20. The Morgan fingerprint density at radius 2 is 2.00 bits per heavy atom. The van der Waals surface area contributed by atoms with Crippen molar-refractivity contribution in [3.63, 3.8) is 0 Å². The molecule has 0 saturated heterocycles. The van der Waals surface area contributed by atoms with Crippen LogP contribution in [0, 0.1) is 5.82 Å². The van der Waals surface area contributed by atoms with Crippen LogP contribution < -0.4 is 0 Å². The first kappa shape index (κ1) is 13.7. The van der Waals surface area contributed by atoms with Gasteiger partial charge in [-0.05, 0) is 35.7 Å². The molecule has 0 saturated carbocycles.